The van der Waals surface area contributed by atoms with Gasteiger partial charge in [-0.2, -0.15) is 0 Å². The Balaban J connectivity index is 0.810. The molecule has 50 heavy (non-hydrogen) atoms. The summed E-state index contributed by atoms with van der Waals surface area (Å²) in [5, 5.41) is 9.12. The summed E-state index contributed by atoms with van der Waals surface area (Å²) in [7, 11) is 0. The molecule has 3 aromatic heterocycles. The van der Waals surface area contributed by atoms with E-state index >= 15 is 0 Å². The van der Waals surface area contributed by atoms with Crippen LogP contribution in [-0.2, 0) is 17.7 Å². The molecule has 0 radical (unpaired) electrons. The number of hydrogen-bond donors (Lipinski definition) is 0. The van der Waals surface area contributed by atoms with Crippen molar-refractivity contribution in [2.45, 2.75) is 19.4 Å². The highest BCUT2D eigenvalue weighted by Gasteiger charge is 2.10. The Morgan fingerprint density at radius 2 is 1.38 bits per heavy atom. The molecule has 0 N–H and O–H groups in total. The Morgan fingerprint density at radius 1 is 0.660 bits per heavy atom. The Bertz CT molecular complexity index is 2350. The van der Waals surface area contributed by atoms with Crippen LogP contribution in [0.15, 0.2) is 128 Å². The van der Waals surface area contributed by atoms with Gasteiger partial charge in [0.05, 0.1) is 42.8 Å². The number of halogens is 1. The minimum Gasteiger partial charge on any atom is -0.494 e. The molecule has 0 atom stereocenters. The van der Waals surface area contributed by atoms with Gasteiger partial charge in [0.25, 0.3) is 0 Å². The standard InChI is InChI=1S/C39H32FN3O7/c40-28-10-15-36-33(21-28)35(45)24-38(49-36)27-8-11-30(12-9-27)47-17-4-7-29-25-43(42-41-29)16-18-46-19-20-48-31-13-14-32-34(44)23-37(50-39(32)22-31)26-5-2-1-3-6-26/h1-3,5-6,8-15,21-25H,4,7,16-20H2. The van der Waals surface area contributed by atoms with Crippen molar-refractivity contribution < 1.29 is 27.4 Å². The second kappa shape index (κ2) is 15.0. The molecular weight excluding hydrogens is 641 g/mol. The van der Waals surface area contributed by atoms with Crippen molar-refractivity contribution in [3.05, 3.63) is 141 Å². The molecule has 0 amide bonds. The van der Waals surface area contributed by atoms with Gasteiger partial charge in [0.1, 0.15) is 46.6 Å². The van der Waals surface area contributed by atoms with Crippen LogP contribution in [0.4, 0.5) is 4.39 Å². The number of hydrogen-bond acceptors (Lipinski definition) is 9. The van der Waals surface area contributed by atoms with Crippen LogP contribution in [0.3, 0.4) is 0 Å². The summed E-state index contributed by atoms with van der Waals surface area (Å²) in [5.74, 6) is 1.71. The van der Waals surface area contributed by atoms with E-state index in [9.17, 15) is 14.0 Å². The van der Waals surface area contributed by atoms with Crippen molar-refractivity contribution in [3.8, 4) is 34.1 Å². The van der Waals surface area contributed by atoms with Crippen molar-refractivity contribution in [1.82, 2.24) is 15.0 Å². The summed E-state index contributed by atoms with van der Waals surface area (Å²) >= 11 is 0. The first-order valence-corrected chi connectivity index (χ1v) is 16.2. The predicted octanol–water partition coefficient (Wildman–Crippen LogP) is 7.07. The van der Waals surface area contributed by atoms with E-state index in [4.69, 9.17) is 23.0 Å². The van der Waals surface area contributed by atoms with Gasteiger partial charge in [-0.1, -0.05) is 35.5 Å². The SMILES string of the molecule is O=c1cc(-c2ccccc2)oc2cc(OCCOCCn3cc(CCCOc4ccc(-c5cc(=O)c6cc(F)ccc6o5)cc4)nn3)ccc12. The van der Waals surface area contributed by atoms with E-state index in [1.165, 1.54) is 30.3 Å². The molecular formula is C39H32FN3O7. The minimum atomic E-state index is -0.482. The molecule has 7 rings (SSSR count). The predicted molar refractivity (Wildman–Crippen MR) is 186 cm³/mol. The molecule has 0 saturated heterocycles. The quantitative estimate of drug-likeness (QED) is 0.112. The third kappa shape index (κ3) is 7.79. The molecule has 0 aliphatic carbocycles. The molecule has 11 heteroatoms. The number of fused-ring (bicyclic) bond motifs is 2. The topological polar surface area (TPSA) is 119 Å². The van der Waals surface area contributed by atoms with E-state index < -0.39 is 5.82 Å². The van der Waals surface area contributed by atoms with E-state index in [0.717, 1.165) is 17.7 Å². The first-order valence-electron chi connectivity index (χ1n) is 16.2. The van der Waals surface area contributed by atoms with E-state index in [-0.39, 0.29) is 16.2 Å². The Hall–Kier alpha value is -6.07. The van der Waals surface area contributed by atoms with Gasteiger partial charge in [0.15, 0.2) is 10.9 Å². The number of nitrogens with zero attached hydrogens (tertiary/aromatic N) is 3. The van der Waals surface area contributed by atoms with E-state index in [2.05, 4.69) is 10.3 Å². The smallest absolute Gasteiger partial charge is 0.193 e. The third-order valence-electron chi connectivity index (χ3n) is 7.98. The Kier molecular flexibility index (Phi) is 9.74. The number of rotatable bonds is 14. The zero-order chi connectivity index (χ0) is 34.3. The molecule has 0 spiro atoms. The van der Waals surface area contributed by atoms with Crippen molar-refractivity contribution in [2.75, 3.05) is 26.4 Å². The molecule has 252 valence electrons. The molecule has 0 aliphatic rings. The lowest BCUT2D eigenvalue weighted by Crippen LogP contribution is -2.12. The first kappa shape index (κ1) is 32.5. The number of benzene rings is 4. The third-order valence-corrected chi connectivity index (χ3v) is 7.98. The Labute approximate surface area is 285 Å². The van der Waals surface area contributed by atoms with Gasteiger partial charge in [-0.05, 0) is 67.4 Å². The zero-order valence-electron chi connectivity index (χ0n) is 26.9. The van der Waals surface area contributed by atoms with Gasteiger partial charge in [0.2, 0.25) is 0 Å². The Morgan fingerprint density at radius 3 is 2.20 bits per heavy atom. The van der Waals surface area contributed by atoms with Crippen LogP contribution >= 0.6 is 0 Å². The van der Waals surface area contributed by atoms with E-state index in [1.807, 2.05) is 60.8 Å². The van der Waals surface area contributed by atoms with E-state index in [1.54, 1.807) is 22.9 Å². The van der Waals surface area contributed by atoms with Gasteiger partial charge in [0, 0.05) is 35.5 Å². The largest absolute Gasteiger partial charge is 0.494 e. The summed E-state index contributed by atoms with van der Waals surface area (Å²) in [5.41, 5.74) is 2.80. The van der Waals surface area contributed by atoms with Crippen LogP contribution in [0, 0.1) is 5.82 Å². The van der Waals surface area contributed by atoms with Crippen LogP contribution < -0.4 is 20.3 Å². The van der Waals surface area contributed by atoms with Crippen molar-refractivity contribution in [1.29, 1.82) is 0 Å². The summed E-state index contributed by atoms with van der Waals surface area (Å²) in [4.78, 5) is 25.0. The van der Waals surface area contributed by atoms with Crippen LogP contribution in [0.2, 0.25) is 0 Å². The highest BCUT2D eigenvalue weighted by atomic mass is 19.1. The van der Waals surface area contributed by atoms with Crippen molar-refractivity contribution in [2.24, 2.45) is 0 Å². The van der Waals surface area contributed by atoms with Gasteiger partial charge < -0.3 is 23.0 Å². The molecule has 4 aromatic carbocycles. The number of ether oxygens (including phenoxy) is 3. The van der Waals surface area contributed by atoms with Crippen molar-refractivity contribution in [3.63, 3.8) is 0 Å². The lowest BCUT2D eigenvalue weighted by Gasteiger charge is -2.08. The maximum atomic E-state index is 13.5. The molecule has 7 aromatic rings. The zero-order valence-corrected chi connectivity index (χ0v) is 26.9. The second-order valence-electron chi connectivity index (χ2n) is 11.5. The van der Waals surface area contributed by atoms with Gasteiger partial charge >= 0.3 is 0 Å². The summed E-state index contributed by atoms with van der Waals surface area (Å²) in [6.45, 7) is 2.20. The molecule has 0 saturated carbocycles. The van der Waals surface area contributed by atoms with Gasteiger partial charge in [-0.25, -0.2) is 9.07 Å². The highest BCUT2D eigenvalue weighted by Crippen LogP contribution is 2.26. The molecule has 3 heterocycles. The van der Waals surface area contributed by atoms with Crippen LogP contribution in [0.5, 0.6) is 11.5 Å². The fraction of sp³-hybridized carbons (Fsp3) is 0.179. The minimum absolute atomic E-state index is 0.106. The van der Waals surface area contributed by atoms with Crippen LogP contribution in [0.25, 0.3) is 44.6 Å². The lowest BCUT2D eigenvalue weighted by molar-refractivity contribution is 0.0923. The van der Waals surface area contributed by atoms with E-state index in [0.29, 0.717) is 84.5 Å². The van der Waals surface area contributed by atoms with Crippen LogP contribution in [0.1, 0.15) is 12.1 Å². The molecule has 0 aliphatic heterocycles. The fourth-order valence-corrected chi connectivity index (χ4v) is 5.44. The number of aromatic nitrogens is 3. The maximum Gasteiger partial charge on any atom is 0.193 e. The van der Waals surface area contributed by atoms with Crippen molar-refractivity contribution >= 4 is 21.9 Å². The molecule has 0 bridgehead atoms. The summed E-state index contributed by atoms with van der Waals surface area (Å²) in [6, 6.07) is 28.7. The number of aryl methyl sites for hydroxylation is 1. The molecule has 0 fully saturated rings. The first-order chi connectivity index (χ1) is 24.5. The second-order valence-corrected chi connectivity index (χ2v) is 11.5. The van der Waals surface area contributed by atoms with Gasteiger partial charge in [-0.3, -0.25) is 9.59 Å². The maximum absolute atomic E-state index is 13.5. The average Bonchev–Trinajstić information content (AvgIpc) is 3.59. The molecule has 0 unspecified atom stereocenters. The summed E-state index contributed by atoms with van der Waals surface area (Å²) < 4.78 is 44.5. The monoisotopic (exact) mass is 673 g/mol. The normalized spacial score (nSPS) is 11.3. The summed E-state index contributed by atoms with van der Waals surface area (Å²) in [6.07, 6.45) is 3.34. The fourth-order valence-electron chi connectivity index (χ4n) is 5.44. The molecule has 10 nitrogen and oxygen atoms in total. The van der Waals surface area contributed by atoms with Crippen LogP contribution in [-0.4, -0.2) is 41.4 Å². The average molecular weight is 674 g/mol. The lowest BCUT2D eigenvalue weighted by atomic mass is 10.1. The highest BCUT2D eigenvalue weighted by molar-refractivity contribution is 5.80. The van der Waals surface area contributed by atoms with Gasteiger partial charge in [-0.15, -0.1) is 5.10 Å².